The van der Waals surface area contributed by atoms with Crippen molar-refractivity contribution in [2.45, 2.75) is 6.42 Å². The second-order valence-corrected chi connectivity index (χ2v) is 3.55. The standard InChI is InChI=1S/C10H12ClNS/c11-10-5-4-9(12)7-8(10)3-1-2-6-13/h1,3-5,7,13H,2,6,12H2. The average molecular weight is 214 g/mol. The molecule has 1 rings (SSSR count). The van der Waals surface area contributed by atoms with Gasteiger partial charge in [-0.2, -0.15) is 12.6 Å². The van der Waals surface area contributed by atoms with Crippen molar-refractivity contribution >= 4 is 36.0 Å². The van der Waals surface area contributed by atoms with E-state index in [1.165, 1.54) is 0 Å². The topological polar surface area (TPSA) is 26.0 Å². The summed E-state index contributed by atoms with van der Waals surface area (Å²) in [6, 6.07) is 5.45. The van der Waals surface area contributed by atoms with Crippen LogP contribution >= 0.6 is 24.2 Å². The number of nitrogens with two attached hydrogens (primary N) is 1. The molecule has 70 valence electrons. The van der Waals surface area contributed by atoms with E-state index in [2.05, 4.69) is 12.6 Å². The molecule has 2 N–H and O–H groups in total. The second-order valence-electron chi connectivity index (χ2n) is 2.70. The maximum absolute atomic E-state index is 5.95. The van der Waals surface area contributed by atoms with E-state index >= 15 is 0 Å². The van der Waals surface area contributed by atoms with Crippen molar-refractivity contribution in [1.29, 1.82) is 0 Å². The molecule has 0 aliphatic heterocycles. The molecule has 0 saturated carbocycles. The van der Waals surface area contributed by atoms with E-state index in [9.17, 15) is 0 Å². The summed E-state index contributed by atoms with van der Waals surface area (Å²) in [6.07, 6.45) is 4.94. The van der Waals surface area contributed by atoms with E-state index in [4.69, 9.17) is 17.3 Å². The van der Waals surface area contributed by atoms with Crippen LogP contribution in [0.25, 0.3) is 6.08 Å². The fourth-order valence-electron chi connectivity index (χ4n) is 0.975. The fraction of sp³-hybridized carbons (Fsp3) is 0.200. The monoisotopic (exact) mass is 213 g/mol. The molecule has 0 saturated heterocycles. The summed E-state index contributed by atoms with van der Waals surface area (Å²) in [5, 5.41) is 0.726. The molecule has 0 bridgehead atoms. The lowest BCUT2D eigenvalue weighted by Gasteiger charge is -1.99. The molecule has 0 aromatic heterocycles. The van der Waals surface area contributed by atoms with Crippen LogP contribution in [0.2, 0.25) is 5.02 Å². The molecule has 1 aromatic carbocycles. The Balaban J connectivity index is 2.81. The highest BCUT2D eigenvalue weighted by Crippen LogP contribution is 2.20. The number of hydrogen-bond donors (Lipinski definition) is 2. The Kier molecular flexibility index (Phi) is 4.19. The first-order valence-electron chi connectivity index (χ1n) is 4.06. The number of anilines is 1. The van der Waals surface area contributed by atoms with Gasteiger partial charge >= 0.3 is 0 Å². The first-order valence-corrected chi connectivity index (χ1v) is 5.07. The minimum absolute atomic E-state index is 0.726. The smallest absolute Gasteiger partial charge is 0.0479 e. The van der Waals surface area contributed by atoms with Crippen molar-refractivity contribution in [2.24, 2.45) is 0 Å². The van der Waals surface area contributed by atoms with Crippen LogP contribution in [0.15, 0.2) is 24.3 Å². The fourth-order valence-corrected chi connectivity index (χ4v) is 1.30. The van der Waals surface area contributed by atoms with Crippen LogP contribution < -0.4 is 5.73 Å². The summed E-state index contributed by atoms with van der Waals surface area (Å²) in [5.74, 6) is 0.844. The van der Waals surface area contributed by atoms with Crippen LogP contribution in [0.5, 0.6) is 0 Å². The number of thiol groups is 1. The normalized spacial score (nSPS) is 10.9. The molecule has 0 fully saturated rings. The third-order valence-corrected chi connectivity index (χ3v) is 2.22. The zero-order valence-electron chi connectivity index (χ0n) is 7.20. The average Bonchev–Trinajstić information content (AvgIpc) is 2.11. The minimum Gasteiger partial charge on any atom is -0.399 e. The first-order chi connectivity index (χ1) is 6.24. The Hall–Kier alpha value is -0.600. The Morgan fingerprint density at radius 2 is 2.23 bits per heavy atom. The van der Waals surface area contributed by atoms with Crippen molar-refractivity contribution in [3.8, 4) is 0 Å². The molecule has 0 aliphatic carbocycles. The molecule has 1 nitrogen and oxygen atoms in total. The molecular weight excluding hydrogens is 202 g/mol. The van der Waals surface area contributed by atoms with Gasteiger partial charge in [0.25, 0.3) is 0 Å². The lowest BCUT2D eigenvalue weighted by atomic mass is 10.2. The van der Waals surface area contributed by atoms with Gasteiger partial charge in [0, 0.05) is 10.7 Å². The molecule has 0 aliphatic rings. The van der Waals surface area contributed by atoms with Gasteiger partial charge in [-0.1, -0.05) is 23.8 Å². The van der Waals surface area contributed by atoms with E-state index in [0.717, 1.165) is 28.4 Å². The summed E-state index contributed by atoms with van der Waals surface area (Å²) in [6.45, 7) is 0. The van der Waals surface area contributed by atoms with Crippen molar-refractivity contribution in [1.82, 2.24) is 0 Å². The number of allylic oxidation sites excluding steroid dienone is 1. The van der Waals surface area contributed by atoms with Crippen LogP contribution in [-0.4, -0.2) is 5.75 Å². The minimum atomic E-state index is 0.726. The van der Waals surface area contributed by atoms with Crippen LogP contribution in [0.1, 0.15) is 12.0 Å². The SMILES string of the molecule is Nc1ccc(Cl)c(C=CCCS)c1. The van der Waals surface area contributed by atoms with E-state index < -0.39 is 0 Å². The Labute approximate surface area is 89.0 Å². The Bertz CT molecular complexity index is 310. The highest BCUT2D eigenvalue weighted by atomic mass is 35.5. The molecule has 0 heterocycles. The third-order valence-electron chi connectivity index (χ3n) is 1.61. The zero-order chi connectivity index (χ0) is 9.68. The second kappa shape index (κ2) is 5.20. The lowest BCUT2D eigenvalue weighted by Crippen LogP contribution is -1.85. The number of rotatable bonds is 3. The Morgan fingerprint density at radius 3 is 2.92 bits per heavy atom. The van der Waals surface area contributed by atoms with Crippen molar-refractivity contribution in [2.75, 3.05) is 11.5 Å². The molecule has 3 heteroatoms. The molecule has 13 heavy (non-hydrogen) atoms. The van der Waals surface area contributed by atoms with Gasteiger partial charge in [-0.25, -0.2) is 0 Å². The summed E-state index contributed by atoms with van der Waals surface area (Å²) in [5.41, 5.74) is 7.32. The van der Waals surface area contributed by atoms with Crippen molar-refractivity contribution in [3.63, 3.8) is 0 Å². The quantitative estimate of drug-likeness (QED) is 0.585. The van der Waals surface area contributed by atoms with E-state index in [1.807, 2.05) is 18.2 Å². The highest BCUT2D eigenvalue weighted by Gasteiger charge is 1.95. The summed E-state index contributed by atoms with van der Waals surface area (Å²) >= 11 is 10.1. The molecule has 0 unspecified atom stereocenters. The largest absolute Gasteiger partial charge is 0.399 e. The van der Waals surface area contributed by atoms with Crippen LogP contribution in [0.4, 0.5) is 5.69 Å². The Morgan fingerprint density at radius 1 is 1.46 bits per heavy atom. The molecule has 0 atom stereocenters. The predicted octanol–water partition coefficient (Wildman–Crippen LogP) is 3.26. The van der Waals surface area contributed by atoms with Gasteiger partial charge in [-0.05, 0) is 35.9 Å². The van der Waals surface area contributed by atoms with Gasteiger partial charge in [-0.3, -0.25) is 0 Å². The highest BCUT2D eigenvalue weighted by molar-refractivity contribution is 7.80. The molecule has 1 aromatic rings. The van der Waals surface area contributed by atoms with Crippen LogP contribution in [0, 0.1) is 0 Å². The summed E-state index contributed by atoms with van der Waals surface area (Å²) in [7, 11) is 0. The molecule has 0 amide bonds. The van der Waals surface area contributed by atoms with Gasteiger partial charge in [0.2, 0.25) is 0 Å². The number of hydrogen-bond acceptors (Lipinski definition) is 2. The predicted molar refractivity (Wildman–Crippen MR) is 63.4 cm³/mol. The van der Waals surface area contributed by atoms with E-state index in [-0.39, 0.29) is 0 Å². The van der Waals surface area contributed by atoms with Gasteiger partial charge in [-0.15, -0.1) is 0 Å². The summed E-state index contributed by atoms with van der Waals surface area (Å²) in [4.78, 5) is 0. The van der Waals surface area contributed by atoms with Crippen LogP contribution in [-0.2, 0) is 0 Å². The van der Waals surface area contributed by atoms with Crippen molar-refractivity contribution in [3.05, 3.63) is 34.9 Å². The third kappa shape index (κ3) is 3.33. The maximum Gasteiger partial charge on any atom is 0.0479 e. The van der Waals surface area contributed by atoms with E-state index in [0.29, 0.717) is 0 Å². The number of nitrogen functional groups attached to an aromatic ring is 1. The van der Waals surface area contributed by atoms with Gasteiger partial charge in [0.05, 0.1) is 0 Å². The number of benzene rings is 1. The maximum atomic E-state index is 5.95. The van der Waals surface area contributed by atoms with Gasteiger partial charge < -0.3 is 5.73 Å². The number of halogens is 1. The van der Waals surface area contributed by atoms with Crippen molar-refractivity contribution < 1.29 is 0 Å². The lowest BCUT2D eigenvalue weighted by molar-refractivity contribution is 1.26. The summed E-state index contributed by atoms with van der Waals surface area (Å²) < 4.78 is 0. The van der Waals surface area contributed by atoms with Gasteiger partial charge in [0.15, 0.2) is 0 Å². The van der Waals surface area contributed by atoms with E-state index in [1.54, 1.807) is 12.1 Å². The molecular formula is C10H12ClNS. The molecule has 0 radical (unpaired) electrons. The van der Waals surface area contributed by atoms with Crippen LogP contribution in [0.3, 0.4) is 0 Å². The molecule has 0 spiro atoms. The van der Waals surface area contributed by atoms with Gasteiger partial charge in [0.1, 0.15) is 0 Å². The zero-order valence-corrected chi connectivity index (χ0v) is 8.85. The first kappa shape index (κ1) is 10.5.